The third-order valence-electron chi connectivity index (χ3n) is 1.58. The smallest absolute Gasteiger partial charge is 0.210 e. The lowest BCUT2D eigenvalue weighted by atomic mass is 10.4. The summed E-state index contributed by atoms with van der Waals surface area (Å²) in [7, 11) is -3.39. The zero-order chi connectivity index (χ0) is 10.6. The normalized spacial score (nSPS) is 11.3. The molecule has 0 bridgehead atoms. The molecule has 1 aromatic heterocycles. The van der Waals surface area contributed by atoms with Crippen molar-refractivity contribution in [1.82, 2.24) is 4.98 Å². The molecule has 0 unspecified atom stereocenters. The molecule has 6 heteroatoms. The molecule has 0 aliphatic carbocycles. The molecule has 0 atom stereocenters. The SMILES string of the molecule is Cc1cccc(NCCS(N)(=O)=O)n1. The Hall–Kier alpha value is -1.14. The predicted molar refractivity (Wildman–Crippen MR) is 55.4 cm³/mol. The zero-order valence-corrected chi connectivity index (χ0v) is 8.71. The van der Waals surface area contributed by atoms with Crippen molar-refractivity contribution in [2.75, 3.05) is 17.6 Å². The molecule has 14 heavy (non-hydrogen) atoms. The predicted octanol–water partition coefficient (Wildman–Crippen LogP) is 0.0904. The number of pyridine rings is 1. The maximum atomic E-state index is 10.6. The van der Waals surface area contributed by atoms with Crippen molar-refractivity contribution in [1.29, 1.82) is 0 Å². The molecule has 0 saturated carbocycles. The van der Waals surface area contributed by atoms with Gasteiger partial charge in [0.05, 0.1) is 5.75 Å². The van der Waals surface area contributed by atoms with Crippen LogP contribution in [0, 0.1) is 6.92 Å². The Morgan fingerprint density at radius 1 is 1.50 bits per heavy atom. The summed E-state index contributed by atoms with van der Waals surface area (Å²) >= 11 is 0. The lowest BCUT2D eigenvalue weighted by Crippen LogP contribution is -2.22. The molecule has 1 heterocycles. The summed E-state index contributed by atoms with van der Waals surface area (Å²) < 4.78 is 21.2. The number of anilines is 1. The maximum absolute atomic E-state index is 10.6. The Morgan fingerprint density at radius 3 is 2.79 bits per heavy atom. The van der Waals surface area contributed by atoms with Gasteiger partial charge in [0.15, 0.2) is 0 Å². The van der Waals surface area contributed by atoms with E-state index in [1.165, 1.54) is 0 Å². The van der Waals surface area contributed by atoms with Crippen LogP contribution < -0.4 is 10.5 Å². The van der Waals surface area contributed by atoms with E-state index in [1.54, 1.807) is 6.07 Å². The summed E-state index contributed by atoms with van der Waals surface area (Å²) in [5.74, 6) is 0.566. The van der Waals surface area contributed by atoms with Crippen molar-refractivity contribution in [3.05, 3.63) is 23.9 Å². The van der Waals surface area contributed by atoms with Gasteiger partial charge in [-0.15, -0.1) is 0 Å². The molecule has 0 aliphatic rings. The molecule has 0 aliphatic heterocycles. The third-order valence-corrected chi connectivity index (χ3v) is 2.35. The van der Waals surface area contributed by atoms with Crippen LogP contribution in [0.2, 0.25) is 0 Å². The molecule has 0 aromatic carbocycles. The molecular weight excluding hydrogens is 202 g/mol. The number of aromatic nitrogens is 1. The summed E-state index contributed by atoms with van der Waals surface area (Å²) in [5.41, 5.74) is 0.880. The standard InChI is InChI=1S/C8H13N3O2S/c1-7-3-2-4-8(11-7)10-5-6-14(9,12)13/h2-4H,5-6H2,1H3,(H,10,11)(H2,9,12,13). The second kappa shape index (κ2) is 4.39. The third kappa shape index (κ3) is 4.20. The minimum absolute atomic E-state index is 0.0946. The number of sulfonamides is 1. The van der Waals surface area contributed by atoms with E-state index in [9.17, 15) is 8.42 Å². The van der Waals surface area contributed by atoms with Crippen LogP contribution in [-0.2, 0) is 10.0 Å². The van der Waals surface area contributed by atoms with Crippen molar-refractivity contribution >= 4 is 15.8 Å². The van der Waals surface area contributed by atoms with Crippen molar-refractivity contribution in [2.45, 2.75) is 6.92 Å². The number of nitrogens with two attached hydrogens (primary N) is 1. The molecule has 5 nitrogen and oxygen atoms in total. The van der Waals surface area contributed by atoms with E-state index in [1.807, 2.05) is 19.1 Å². The Labute approximate surface area is 83.4 Å². The molecule has 0 spiro atoms. The van der Waals surface area contributed by atoms with Crippen LogP contribution in [0.4, 0.5) is 5.82 Å². The monoisotopic (exact) mass is 215 g/mol. The molecule has 78 valence electrons. The Balaban J connectivity index is 2.47. The molecule has 1 aromatic rings. The van der Waals surface area contributed by atoms with Crippen LogP contribution in [0.25, 0.3) is 0 Å². The number of hydrogen-bond acceptors (Lipinski definition) is 4. The quantitative estimate of drug-likeness (QED) is 0.745. The van der Waals surface area contributed by atoms with E-state index < -0.39 is 10.0 Å². The molecule has 3 N–H and O–H groups in total. The largest absolute Gasteiger partial charge is 0.369 e. The molecule has 1 rings (SSSR count). The summed E-state index contributed by atoms with van der Waals surface area (Å²) in [6.07, 6.45) is 0. The van der Waals surface area contributed by atoms with Gasteiger partial charge in [-0.2, -0.15) is 0 Å². The van der Waals surface area contributed by atoms with Crippen LogP contribution in [0.1, 0.15) is 5.69 Å². The number of nitrogens with zero attached hydrogens (tertiary/aromatic N) is 1. The molecule has 0 saturated heterocycles. The van der Waals surface area contributed by atoms with Gasteiger partial charge in [-0.25, -0.2) is 18.5 Å². The zero-order valence-electron chi connectivity index (χ0n) is 7.90. The lowest BCUT2D eigenvalue weighted by molar-refractivity contribution is 0.598. The van der Waals surface area contributed by atoms with E-state index in [4.69, 9.17) is 5.14 Å². The number of nitrogens with one attached hydrogen (secondary N) is 1. The summed E-state index contributed by atoms with van der Waals surface area (Å²) in [4.78, 5) is 4.15. The Morgan fingerprint density at radius 2 is 2.21 bits per heavy atom. The topological polar surface area (TPSA) is 85.1 Å². The summed E-state index contributed by atoms with van der Waals surface area (Å²) in [5, 5.41) is 7.71. The van der Waals surface area contributed by atoms with Gasteiger partial charge in [0.25, 0.3) is 0 Å². The van der Waals surface area contributed by atoms with Gasteiger partial charge < -0.3 is 5.32 Å². The van der Waals surface area contributed by atoms with Crippen LogP contribution in [-0.4, -0.2) is 25.7 Å². The van der Waals surface area contributed by atoms with Gasteiger partial charge in [0, 0.05) is 12.2 Å². The average Bonchev–Trinajstić information content (AvgIpc) is 2.01. The first kappa shape index (κ1) is 10.9. The van der Waals surface area contributed by atoms with Gasteiger partial charge >= 0.3 is 0 Å². The fourth-order valence-electron chi connectivity index (χ4n) is 0.963. The Kier molecular flexibility index (Phi) is 3.43. The van der Waals surface area contributed by atoms with E-state index in [-0.39, 0.29) is 12.3 Å². The van der Waals surface area contributed by atoms with Crippen LogP contribution in [0.5, 0.6) is 0 Å². The van der Waals surface area contributed by atoms with Gasteiger partial charge in [-0.3, -0.25) is 0 Å². The van der Waals surface area contributed by atoms with E-state index in [2.05, 4.69) is 10.3 Å². The number of aryl methyl sites for hydroxylation is 1. The lowest BCUT2D eigenvalue weighted by Gasteiger charge is -2.04. The van der Waals surface area contributed by atoms with E-state index in [0.717, 1.165) is 5.69 Å². The minimum atomic E-state index is -3.39. The fourth-order valence-corrected chi connectivity index (χ4v) is 1.35. The van der Waals surface area contributed by atoms with Gasteiger partial charge in [-0.1, -0.05) is 6.07 Å². The highest BCUT2D eigenvalue weighted by molar-refractivity contribution is 7.89. The molecular formula is C8H13N3O2S. The average molecular weight is 215 g/mol. The van der Waals surface area contributed by atoms with Crippen LogP contribution in [0.15, 0.2) is 18.2 Å². The number of rotatable bonds is 4. The maximum Gasteiger partial charge on any atom is 0.210 e. The van der Waals surface area contributed by atoms with Crippen molar-refractivity contribution in [3.8, 4) is 0 Å². The highest BCUT2D eigenvalue weighted by Crippen LogP contribution is 2.02. The van der Waals surface area contributed by atoms with Gasteiger partial charge in [0.2, 0.25) is 10.0 Å². The number of hydrogen-bond donors (Lipinski definition) is 2. The van der Waals surface area contributed by atoms with Crippen molar-refractivity contribution in [3.63, 3.8) is 0 Å². The highest BCUT2D eigenvalue weighted by Gasteiger charge is 2.01. The van der Waals surface area contributed by atoms with Crippen LogP contribution >= 0.6 is 0 Å². The highest BCUT2D eigenvalue weighted by atomic mass is 32.2. The first-order valence-corrected chi connectivity index (χ1v) is 5.87. The van der Waals surface area contributed by atoms with E-state index >= 15 is 0 Å². The molecule has 0 radical (unpaired) electrons. The van der Waals surface area contributed by atoms with Gasteiger partial charge in [-0.05, 0) is 19.1 Å². The van der Waals surface area contributed by atoms with E-state index in [0.29, 0.717) is 5.82 Å². The van der Waals surface area contributed by atoms with Crippen molar-refractivity contribution in [2.24, 2.45) is 5.14 Å². The molecule has 0 fully saturated rings. The summed E-state index contributed by atoms with van der Waals surface area (Å²) in [6.45, 7) is 2.14. The first-order chi connectivity index (χ1) is 6.47. The summed E-state index contributed by atoms with van der Waals surface area (Å²) in [6, 6.07) is 5.49. The second-order valence-corrected chi connectivity index (χ2v) is 4.69. The van der Waals surface area contributed by atoms with Gasteiger partial charge in [0.1, 0.15) is 5.82 Å². The first-order valence-electron chi connectivity index (χ1n) is 4.15. The van der Waals surface area contributed by atoms with Crippen LogP contribution in [0.3, 0.4) is 0 Å². The van der Waals surface area contributed by atoms with Crippen molar-refractivity contribution < 1.29 is 8.42 Å². The second-order valence-electron chi connectivity index (χ2n) is 2.96. The Bertz CT molecular complexity index is 403. The molecule has 0 amide bonds. The minimum Gasteiger partial charge on any atom is -0.369 e. The fraction of sp³-hybridized carbons (Fsp3) is 0.375. The number of primary sulfonamides is 1.